The number of nitro groups is 1. The molecule has 1 aliphatic heterocycles. The molecule has 0 radical (unpaired) electrons. The summed E-state index contributed by atoms with van der Waals surface area (Å²) in [4.78, 5) is 34.2. The lowest BCUT2D eigenvalue weighted by molar-refractivity contribution is -0.384. The molecule has 1 aliphatic rings. The molecule has 1 atom stereocenters. The highest BCUT2D eigenvalue weighted by atomic mass is 16.6. The molecule has 0 fully saturated rings. The number of fused-ring (bicyclic) bond motifs is 1. The number of nitrogens with zero attached hydrogens (tertiary/aromatic N) is 1. The first-order chi connectivity index (χ1) is 9.38. The second-order valence-electron chi connectivity index (χ2n) is 4.78. The van der Waals surface area contributed by atoms with E-state index in [1.165, 1.54) is 19.1 Å². The SMILES string of the molecule is CCOC(=O)C1(C)Cc2ccc([N+](=O)[O-])cc2NC1=O. The Morgan fingerprint density at radius 3 is 2.85 bits per heavy atom. The molecule has 1 heterocycles. The monoisotopic (exact) mass is 278 g/mol. The van der Waals surface area contributed by atoms with Gasteiger partial charge in [0.1, 0.15) is 5.41 Å². The third-order valence-electron chi connectivity index (χ3n) is 3.32. The molecule has 0 spiro atoms. The molecule has 7 nitrogen and oxygen atoms in total. The van der Waals surface area contributed by atoms with Gasteiger partial charge in [-0.05, 0) is 25.8 Å². The van der Waals surface area contributed by atoms with Crippen LogP contribution in [0.15, 0.2) is 18.2 Å². The van der Waals surface area contributed by atoms with Gasteiger partial charge in [0.2, 0.25) is 5.91 Å². The minimum Gasteiger partial charge on any atom is -0.465 e. The van der Waals surface area contributed by atoms with E-state index in [9.17, 15) is 19.7 Å². The minimum absolute atomic E-state index is 0.108. The molecule has 1 unspecified atom stereocenters. The summed E-state index contributed by atoms with van der Waals surface area (Å²) < 4.78 is 4.92. The molecule has 0 bridgehead atoms. The lowest BCUT2D eigenvalue weighted by atomic mass is 9.79. The highest BCUT2D eigenvalue weighted by Crippen LogP contribution is 2.36. The summed E-state index contributed by atoms with van der Waals surface area (Å²) in [6.45, 7) is 3.36. The van der Waals surface area contributed by atoms with Crippen molar-refractivity contribution in [3.05, 3.63) is 33.9 Å². The molecular formula is C13H14N2O5. The van der Waals surface area contributed by atoms with E-state index < -0.39 is 22.2 Å². The first kappa shape index (κ1) is 14.0. The average molecular weight is 278 g/mol. The summed E-state index contributed by atoms with van der Waals surface area (Å²) in [5.74, 6) is -1.11. The minimum atomic E-state index is -1.31. The van der Waals surface area contributed by atoms with Crippen LogP contribution in [0.2, 0.25) is 0 Å². The summed E-state index contributed by atoms with van der Waals surface area (Å²) in [7, 11) is 0. The van der Waals surface area contributed by atoms with Gasteiger partial charge in [-0.3, -0.25) is 19.7 Å². The molecular weight excluding hydrogens is 264 g/mol. The second kappa shape index (κ2) is 4.92. The summed E-state index contributed by atoms with van der Waals surface area (Å²) in [5, 5.41) is 13.2. The van der Waals surface area contributed by atoms with Gasteiger partial charge in [0.15, 0.2) is 0 Å². The van der Waals surface area contributed by atoms with Crippen LogP contribution in [0.4, 0.5) is 11.4 Å². The fourth-order valence-electron chi connectivity index (χ4n) is 2.13. The van der Waals surface area contributed by atoms with Gasteiger partial charge >= 0.3 is 5.97 Å². The third kappa shape index (κ3) is 2.22. The van der Waals surface area contributed by atoms with E-state index >= 15 is 0 Å². The van der Waals surface area contributed by atoms with E-state index in [-0.39, 0.29) is 18.7 Å². The maximum Gasteiger partial charge on any atom is 0.321 e. The Hall–Kier alpha value is -2.44. The Morgan fingerprint density at radius 2 is 2.25 bits per heavy atom. The average Bonchev–Trinajstić information content (AvgIpc) is 2.39. The van der Waals surface area contributed by atoms with Crippen molar-refractivity contribution in [3.63, 3.8) is 0 Å². The number of carbonyl (C=O) groups excluding carboxylic acids is 2. The number of hydrogen-bond acceptors (Lipinski definition) is 5. The van der Waals surface area contributed by atoms with Gasteiger partial charge in [0.05, 0.1) is 17.2 Å². The number of hydrogen-bond donors (Lipinski definition) is 1. The molecule has 1 N–H and O–H groups in total. The maximum atomic E-state index is 12.1. The molecule has 0 aromatic heterocycles. The fraction of sp³-hybridized carbons (Fsp3) is 0.385. The van der Waals surface area contributed by atoms with Crippen molar-refractivity contribution in [2.24, 2.45) is 5.41 Å². The number of nitro benzene ring substituents is 1. The van der Waals surface area contributed by atoms with Crippen molar-refractivity contribution in [3.8, 4) is 0 Å². The predicted octanol–water partition coefficient (Wildman–Crippen LogP) is 1.66. The third-order valence-corrected chi connectivity index (χ3v) is 3.32. The van der Waals surface area contributed by atoms with Crippen LogP contribution >= 0.6 is 0 Å². The second-order valence-corrected chi connectivity index (χ2v) is 4.78. The van der Waals surface area contributed by atoms with E-state index in [1.807, 2.05) is 0 Å². The zero-order valence-corrected chi connectivity index (χ0v) is 11.1. The maximum absolute atomic E-state index is 12.1. The summed E-state index contributed by atoms with van der Waals surface area (Å²) in [5.41, 5.74) is -0.375. The fourth-order valence-corrected chi connectivity index (χ4v) is 2.13. The topological polar surface area (TPSA) is 98.5 Å². The van der Waals surface area contributed by atoms with E-state index in [1.54, 1.807) is 13.0 Å². The summed E-state index contributed by atoms with van der Waals surface area (Å²) in [6.07, 6.45) is 0.158. The van der Waals surface area contributed by atoms with Gasteiger partial charge in [0, 0.05) is 12.1 Å². The lowest BCUT2D eigenvalue weighted by Gasteiger charge is -2.31. The molecule has 1 amide bonds. The number of nitrogens with one attached hydrogen (secondary N) is 1. The molecule has 20 heavy (non-hydrogen) atoms. The molecule has 0 aliphatic carbocycles. The van der Waals surface area contributed by atoms with Crippen LogP contribution in [-0.2, 0) is 20.7 Å². The smallest absolute Gasteiger partial charge is 0.321 e. The number of benzene rings is 1. The lowest BCUT2D eigenvalue weighted by Crippen LogP contribution is -2.46. The van der Waals surface area contributed by atoms with E-state index in [0.29, 0.717) is 11.3 Å². The quantitative estimate of drug-likeness (QED) is 0.392. The van der Waals surface area contributed by atoms with Gasteiger partial charge in [-0.15, -0.1) is 0 Å². The summed E-state index contributed by atoms with van der Waals surface area (Å²) >= 11 is 0. The van der Waals surface area contributed by atoms with E-state index in [0.717, 1.165) is 0 Å². The predicted molar refractivity (Wildman–Crippen MR) is 70.2 cm³/mol. The number of carbonyl (C=O) groups is 2. The van der Waals surface area contributed by atoms with Crippen LogP contribution in [0.3, 0.4) is 0 Å². The van der Waals surface area contributed by atoms with Crippen LogP contribution < -0.4 is 5.32 Å². The highest BCUT2D eigenvalue weighted by molar-refractivity contribution is 6.10. The van der Waals surface area contributed by atoms with Crippen molar-refractivity contribution in [1.29, 1.82) is 0 Å². The van der Waals surface area contributed by atoms with Crippen molar-refractivity contribution >= 4 is 23.3 Å². The van der Waals surface area contributed by atoms with Crippen LogP contribution in [0.5, 0.6) is 0 Å². The number of esters is 1. The number of amides is 1. The first-order valence-corrected chi connectivity index (χ1v) is 6.14. The van der Waals surface area contributed by atoms with Gasteiger partial charge in [-0.1, -0.05) is 6.07 Å². The van der Waals surface area contributed by atoms with Crippen LogP contribution in [0.1, 0.15) is 19.4 Å². The van der Waals surface area contributed by atoms with Crippen LogP contribution in [0.25, 0.3) is 0 Å². The Bertz CT molecular complexity index is 598. The Morgan fingerprint density at radius 1 is 1.55 bits per heavy atom. The number of non-ortho nitro benzene ring substituents is 1. The molecule has 0 saturated carbocycles. The summed E-state index contributed by atoms with van der Waals surface area (Å²) in [6, 6.07) is 4.18. The first-order valence-electron chi connectivity index (χ1n) is 6.14. The molecule has 106 valence electrons. The van der Waals surface area contributed by atoms with Gasteiger partial charge in [0.25, 0.3) is 5.69 Å². The Kier molecular flexibility index (Phi) is 3.44. The van der Waals surface area contributed by atoms with Gasteiger partial charge in [-0.25, -0.2) is 0 Å². The number of rotatable bonds is 3. The van der Waals surface area contributed by atoms with Crippen molar-refractivity contribution in [1.82, 2.24) is 0 Å². The zero-order valence-electron chi connectivity index (χ0n) is 11.1. The normalized spacial score (nSPS) is 20.8. The van der Waals surface area contributed by atoms with Crippen LogP contribution in [0, 0.1) is 15.5 Å². The molecule has 1 aromatic carbocycles. The van der Waals surface area contributed by atoms with E-state index in [2.05, 4.69) is 5.32 Å². The van der Waals surface area contributed by atoms with Crippen molar-refractivity contribution in [2.45, 2.75) is 20.3 Å². The molecule has 7 heteroatoms. The molecule has 0 saturated heterocycles. The Labute approximate surface area is 115 Å². The molecule has 2 rings (SSSR count). The van der Waals surface area contributed by atoms with Crippen molar-refractivity contribution in [2.75, 3.05) is 11.9 Å². The number of ether oxygens (including phenoxy) is 1. The zero-order chi connectivity index (χ0) is 14.9. The van der Waals surface area contributed by atoms with Gasteiger partial charge in [-0.2, -0.15) is 0 Å². The van der Waals surface area contributed by atoms with E-state index in [4.69, 9.17) is 4.74 Å². The van der Waals surface area contributed by atoms with Crippen molar-refractivity contribution < 1.29 is 19.2 Å². The number of anilines is 1. The molecule has 1 aromatic rings. The largest absolute Gasteiger partial charge is 0.465 e. The van der Waals surface area contributed by atoms with Gasteiger partial charge < -0.3 is 10.1 Å². The van der Waals surface area contributed by atoms with Crippen LogP contribution in [-0.4, -0.2) is 23.4 Å². The highest BCUT2D eigenvalue weighted by Gasteiger charge is 2.46. The Balaban J connectivity index is 2.37. The standard InChI is InChI=1S/C13H14N2O5/c1-3-20-12(17)13(2)7-8-4-5-9(15(18)19)6-10(8)14-11(13)16/h4-6H,3,7H2,1-2H3,(H,14,16).